The molecule has 0 unspecified atom stereocenters. The number of nitrogens with one attached hydrogen (secondary N) is 1. The summed E-state index contributed by atoms with van der Waals surface area (Å²) in [6.45, 7) is 2.03. The summed E-state index contributed by atoms with van der Waals surface area (Å²) in [6, 6.07) is 8.91. The molecule has 2 atom stereocenters. The first-order valence-electron chi connectivity index (χ1n) is 7.93. The molecule has 7 heteroatoms. The van der Waals surface area contributed by atoms with Crippen molar-refractivity contribution in [2.24, 2.45) is 0 Å². The predicted molar refractivity (Wildman–Crippen MR) is 90.0 cm³/mol. The molecule has 1 aromatic rings. The Morgan fingerprint density at radius 3 is 2.88 bits per heavy atom. The van der Waals surface area contributed by atoms with E-state index < -0.39 is 12.0 Å². The molecule has 1 N–H and O–H groups in total. The van der Waals surface area contributed by atoms with Gasteiger partial charge in [-0.1, -0.05) is 30.3 Å². The van der Waals surface area contributed by atoms with Crippen LogP contribution in [0.25, 0.3) is 0 Å². The van der Waals surface area contributed by atoms with Crippen LogP contribution in [0.2, 0.25) is 0 Å². The van der Waals surface area contributed by atoms with E-state index in [4.69, 9.17) is 4.74 Å². The summed E-state index contributed by atoms with van der Waals surface area (Å²) in [5.74, 6) is -0.352. The van der Waals surface area contributed by atoms with E-state index in [0.717, 1.165) is 12.0 Å². The van der Waals surface area contributed by atoms with Crippen LogP contribution in [0.5, 0.6) is 0 Å². The zero-order valence-corrected chi connectivity index (χ0v) is 14.3. The summed E-state index contributed by atoms with van der Waals surface area (Å²) >= 11 is 1.60. The molecule has 0 aromatic heterocycles. The molecule has 0 bridgehead atoms. The molecule has 24 heavy (non-hydrogen) atoms. The third-order valence-corrected chi connectivity index (χ3v) is 5.90. The van der Waals surface area contributed by atoms with Crippen molar-refractivity contribution in [2.45, 2.75) is 37.2 Å². The molecule has 2 fully saturated rings. The normalized spacial score (nSPS) is 25.5. The van der Waals surface area contributed by atoms with Gasteiger partial charge in [0.25, 0.3) is 5.91 Å². The van der Waals surface area contributed by atoms with Crippen LogP contribution >= 0.6 is 11.8 Å². The number of benzene rings is 1. The third-order valence-electron chi connectivity index (χ3n) is 4.39. The summed E-state index contributed by atoms with van der Waals surface area (Å²) in [4.78, 5) is 37.4. The Morgan fingerprint density at radius 2 is 2.12 bits per heavy atom. The lowest BCUT2D eigenvalue weighted by Gasteiger charge is -2.29. The Kier molecular flexibility index (Phi) is 4.80. The summed E-state index contributed by atoms with van der Waals surface area (Å²) in [5, 5.41) is 2.71. The summed E-state index contributed by atoms with van der Waals surface area (Å²) in [7, 11) is 0. The number of esters is 1. The quantitative estimate of drug-likeness (QED) is 0.812. The number of carbonyl (C=O) groups excluding carboxylic acids is 3. The highest BCUT2D eigenvalue weighted by atomic mass is 32.2. The average Bonchev–Trinajstić information content (AvgIpc) is 3.08. The Bertz CT molecular complexity index is 651. The van der Waals surface area contributed by atoms with Crippen molar-refractivity contribution in [3.05, 3.63) is 35.9 Å². The zero-order valence-electron chi connectivity index (χ0n) is 13.5. The van der Waals surface area contributed by atoms with Gasteiger partial charge in [-0.05, 0) is 18.9 Å². The molecule has 2 heterocycles. The number of carbonyl (C=O) groups is 3. The van der Waals surface area contributed by atoms with Crippen LogP contribution in [0.15, 0.2) is 30.3 Å². The highest BCUT2D eigenvalue weighted by Crippen LogP contribution is 2.47. The monoisotopic (exact) mass is 348 g/mol. The lowest BCUT2D eigenvalue weighted by Crippen LogP contribution is -2.47. The molecular weight excluding hydrogens is 328 g/mol. The molecule has 2 aliphatic rings. The van der Waals surface area contributed by atoms with E-state index in [1.807, 2.05) is 37.3 Å². The Labute approximate surface area is 144 Å². The van der Waals surface area contributed by atoms with E-state index in [9.17, 15) is 14.4 Å². The van der Waals surface area contributed by atoms with Gasteiger partial charge in [0, 0.05) is 18.7 Å². The van der Waals surface area contributed by atoms with Crippen molar-refractivity contribution in [1.29, 1.82) is 0 Å². The number of amides is 2. The lowest BCUT2D eigenvalue weighted by atomic mass is 10.2. The average molecular weight is 348 g/mol. The van der Waals surface area contributed by atoms with E-state index >= 15 is 0 Å². The Hall–Kier alpha value is -2.02. The van der Waals surface area contributed by atoms with Crippen molar-refractivity contribution in [3.8, 4) is 0 Å². The van der Waals surface area contributed by atoms with Crippen molar-refractivity contribution in [2.75, 3.05) is 12.4 Å². The zero-order chi connectivity index (χ0) is 17.2. The molecule has 128 valence electrons. The van der Waals surface area contributed by atoms with Crippen LogP contribution in [0.1, 0.15) is 25.3 Å². The van der Waals surface area contributed by atoms with E-state index in [-0.39, 0.29) is 23.3 Å². The van der Waals surface area contributed by atoms with E-state index in [1.165, 1.54) is 0 Å². The second-order valence-electron chi connectivity index (χ2n) is 6.14. The van der Waals surface area contributed by atoms with Crippen molar-refractivity contribution >= 4 is 29.5 Å². The van der Waals surface area contributed by atoms with Gasteiger partial charge < -0.3 is 15.0 Å². The number of hydrogen-bond donors (Lipinski definition) is 1. The van der Waals surface area contributed by atoms with Gasteiger partial charge in [-0.15, -0.1) is 11.8 Å². The Balaban J connectivity index is 1.47. The number of nitrogens with zero attached hydrogens (tertiary/aromatic N) is 1. The smallest absolute Gasteiger partial charge is 0.330 e. The maximum atomic E-state index is 12.2. The topological polar surface area (TPSA) is 75.7 Å². The van der Waals surface area contributed by atoms with Crippen molar-refractivity contribution in [1.82, 2.24) is 10.2 Å². The van der Waals surface area contributed by atoms with Crippen LogP contribution in [-0.2, 0) is 25.7 Å². The first kappa shape index (κ1) is 16.8. The molecule has 0 aliphatic carbocycles. The maximum Gasteiger partial charge on any atom is 0.330 e. The van der Waals surface area contributed by atoms with Crippen molar-refractivity contribution in [3.63, 3.8) is 0 Å². The lowest BCUT2D eigenvalue weighted by molar-refractivity contribution is -0.156. The first-order chi connectivity index (χ1) is 11.5. The number of thioether (sulfide) groups is 1. The first-order valence-corrected chi connectivity index (χ1v) is 8.91. The molecule has 1 aromatic carbocycles. The SMILES string of the molecule is C[C@]12CCC(=O)N1[C@@H](C(=O)OCC(=O)NCc1ccccc1)CS2. The minimum absolute atomic E-state index is 0.0158. The van der Waals surface area contributed by atoms with Gasteiger partial charge >= 0.3 is 5.97 Å². The van der Waals surface area contributed by atoms with Crippen LogP contribution < -0.4 is 5.32 Å². The second-order valence-corrected chi connectivity index (χ2v) is 7.64. The molecule has 6 nitrogen and oxygen atoms in total. The minimum atomic E-state index is -0.586. The standard InChI is InChI=1S/C17H20N2O4S/c1-17-8-7-15(21)19(17)13(11-24-17)16(22)23-10-14(20)18-9-12-5-3-2-4-6-12/h2-6,13H,7-11H2,1H3,(H,18,20)/t13-,17+/m1/s1. The fourth-order valence-electron chi connectivity index (χ4n) is 3.08. The van der Waals surface area contributed by atoms with Gasteiger partial charge in [-0.3, -0.25) is 9.59 Å². The van der Waals surface area contributed by atoms with E-state index in [2.05, 4.69) is 5.32 Å². The summed E-state index contributed by atoms with van der Waals surface area (Å²) in [5.41, 5.74) is 0.975. The van der Waals surface area contributed by atoms with E-state index in [1.54, 1.807) is 16.7 Å². The van der Waals surface area contributed by atoms with Crippen LogP contribution in [0.4, 0.5) is 0 Å². The molecule has 2 amide bonds. The summed E-state index contributed by atoms with van der Waals surface area (Å²) in [6.07, 6.45) is 1.21. The van der Waals surface area contributed by atoms with Gasteiger partial charge in [0.15, 0.2) is 6.61 Å². The highest BCUT2D eigenvalue weighted by Gasteiger charge is 2.53. The molecule has 0 radical (unpaired) electrons. The fraction of sp³-hybridized carbons (Fsp3) is 0.471. The molecule has 2 aliphatic heterocycles. The van der Waals surface area contributed by atoms with Gasteiger partial charge in [-0.2, -0.15) is 0 Å². The molecule has 2 saturated heterocycles. The third kappa shape index (κ3) is 3.40. The van der Waals surface area contributed by atoms with Crippen LogP contribution in [0, 0.1) is 0 Å². The largest absolute Gasteiger partial charge is 0.454 e. The highest BCUT2D eigenvalue weighted by molar-refractivity contribution is 8.01. The number of ether oxygens (including phenoxy) is 1. The van der Waals surface area contributed by atoms with Gasteiger partial charge in [0.2, 0.25) is 5.91 Å². The molecule has 0 spiro atoms. The molecule has 3 rings (SSSR count). The molecular formula is C17H20N2O4S. The number of hydrogen-bond acceptors (Lipinski definition) is 5. The van der Waals surface area contributed by atoms with Crippen LogP contribution in [-0.4, -0.2) is 46.0 Å². The number of rotatable bonds is 5. The van der Waals surface area contributed by atoms with E-state index in [0.29, 0.717) is 18.7 Å². The van der Waals surface area contributed by atoms with Gasteiger partial charge in [-0.25, -0.2) is 4.79 Å². The van der Waals surface area contributed by atoms with Crippen LogP contribution in [0.3, 0.4) is 0 Å². The predicted octanol–water partition coefficient (Wildman–Crippen LogP) is 1.30. The van der Waals surface area contributed by atoms with Gasteiger partial charge in [0.05, 0.1) is 4.87 Å². The fourth-order valence-corrected chi connectivity index (χ4v) is 4.49. The Morgan fingerprint density at radius 1 is 1.38 bits per heavy atom. The van der Waals surface area contributed by atoms with Crippen molar-refractivity contribution < 1.29 is 19.1 Å². The minimum Gasteiger partial charge on any atom is -0.454 e. The number of fused-ring (bicyclic) bond motifs is 1. The van der Waals surface area contributed by atoms with Gasteiger partial charge in [0.1, 0.15) is 6.04 Å². The molecule has 0 saturated carbocycles. The summed E-state index contributed by atoms with van der Waals surface area (Å²) < 4.78 is 5.12. The second kappa shape index (κ2) is 6.84. The maximum absolute atomic E-state index is 12.2.